The van der Waals surface area contributed by atoms with Crippen LogP contribution in [0.2, 0.25) is 0 Å². The predicted octanol–water partition coefficient (Wildman–Crippen LogP) is 3.23. The minimum absolute atomic E-state index is 0.695. The smallest absolute Gasteiger partial charge is 0.0351 e. The van der Waals surface area contributed by atoms with Gasteiger partial charge in [-0.15, -0.1) is 0 Å². The maximum absolute atomic E-state index is 2.81. The largest absolute Gasteiger partial charge is 0.299 e. The monoisotopic (exact) mass is 270 g/mol. The zero-order chi connectivity index (χ0) is 13.4. The molecule has 2 unspecified atom stereocenters. The lowest BCUT2D eigenvalue weighted by atomic mass is 9.86. The summed E-state index contributed by atoms with van der Waals surface area (Å²) in [6, 6.07) is 10.7. The van der Waals surface area contributed by atoms with Crippen LogP contribution in [0.25, 0.3) is 0 Å². The van der Waals surface area contributed by atoms with E-state index in [-0.39, 0.29) is 0 Å². The number of hydrogen-bond acceptors (Lipinski definition) is 2. The molecular formula is C18H26N2. The zero-order valence-corrected chi connectivity index (χ0v) is 12.4. The fraction of sp³-hybridized carbons (Fsp3) is 0.667. The van der Waals surface area contributed by atoms with Crippen molar-refractivity contribution < 1.29 is 0 Å². The molecule has 0 amide bonds. The van der Waals surface area contributed by atoms with Crippen molar-refractivity contribution in [2.75, 3.05) is 26.2 Å². The van der Waals surface area contributed by atoms with Crippen molar-refractivity contribution in [2.24, 2.45) is 0 Å². The molecule has 108 valence electrons. The molecule has 4 rings (SSSR count). The Morgan fingerprint density at radius 3 is 2.70 bits per heavy atom. The van der Waals surface area contributed by atoms with Gasteiger partial charge in [0.1, 0.15) is 0 Å². The highest BCUT2D eigenvalue weighted by Gasteiger charge is 2.33. The van der Waals surface area contributed by atoms with Gasteiger partial charge >= 0.3 is 0 Å². The number of nitrogens with zero attached hydrogens (tertiary/aromatic N) is 2. The molecule has 2 atom stereocenters. The molecular weight excluding hydrogens is 244 g/mol. The molecule has 0 bridgehead atoms. The molecule has 2 nitrogen and oxygen atoms in total. The van der Waals surface area contributed by atoms with E-state index < -0.39 is 0 Å². The van der Waals surface area contributed by atoms with Gasteiger partial charge in [-0.2, -0.15) is 0 Å². The molecule has 0 aromatic heterocycles. The molecule has 3 aliphatic rings. The molecule has 2 heterocycles. The summed E-state index contributed by atoms with van der Waals surface area (Å²) in [4.78, 5) is 5.56. The average Bonchev–Trinajstić information content (AvgIpc) is 2.84. The molecule has 1 aliphatic carbocycles. The Labute approximate surface area is 122 Å². The fourth-order valence-corrected chi connectivity index (χ4v) is 4.63. The van der Waals surface area contributed by atoms with Crippen LogP contribution < -0.4 is 0 Å². The lowest BCUT2D eigenvalue weighted by Gasteiger charge is -2.36. The summed E-state index contributed by atoms with van der Waals surface area (Å²) in [7, 11) is 0. The van der Waals surface area contributed by atoms with Gasteiger partial charge in [-0.3, -0.25) is 9.80 Å². The lowest BCUT2D eigenvalue weighted by molar-refractivity contribution is 0.159. The van der Waals surface area contributed by atoms with Gasteiger partial charge in [0.05, 0.1) is 0 Å². The van der Waals surface area contributed by atoms with Crippen molar-refractivity contribution in [1.29, 1.82) is 0 Å². The maximum atomic E-state index is 2.81. The SMILES string of the molecule is c1ccc2c(c1)CCCC2N1CCCN2CCCC2C1. The molecule has 2 heteroatoms. The quantitative estimate of drug-likeness (QED) is 0.773. The third-order valence-electron chi connectivity index (χ3n) is 5.61. The van der Waals surface area contributed by atoms with E-state index in [1.807, 2.05) is 0 Å². The summed E-state index contributed by atoms with van der Waals surface area (Å²) < 4.78 is 0. The van der Waals surface area contributed by atoms with Gasteiger partial charge in [0.25, 0.3) is 0 Å². The van der Waals surface area contributed by atoms with Gasteiger partial charge in [0.15, 0.2) is 0 Å². The Bertz CT molecular complexity index is 470. The van der Waals surface area contributed by atoms with E-state index in [1.165, 1.54) is 64.7 Å². The van der Waals surface area contributed by atoms with Crippen molar-refractivity contribution in [3.05, 3.63) is 35.4 Å². The van der Waals surface area contributed by atoms with E-state index >= 15 is 0 Å². The van der Waals surface area contributed by atoms with E-state index in [4.69, 9.17) is 0 Å². The summed E-state index contributed by atoms with van der Waals surface area (Å²) >= 11 is 0. The normalized spacial score (nSPS) is 31.6. The lowest BCUT2D eigenvalue weighted by Crippen LogP contribution is -2.39. The Hall–Kier alpha value is -0.860. The number of aryl methyl sites for hydroxylation is 1. The van der Waals surface area contributed by atoms with Crippen molar-refractivity contribution in [1.82, 2.24) is 9.80 Å². The van der Waals surface area contributed by atoms with Gasteiger partial charge in [0.2, 0.25) is 0 Å². The van der Waals surface area contributed by atoms with Gasteiger partial charge in [-0.25, -0.2) is 0 Å². The molecule has 20 heavy (non-hydrogen) atoms. The standard InChI is InChI=1S/C18H26N2/c1-2-9-17-15(6-1)7-3-10-18(17)20-13-5-12-19-11-4-8-16(19)14-20/h1-2,6,9,16,18H,3-5,7-8,10-14H2. The molecule has 0 N–H and O–H groups in total. The van der Waals surface area contributed by atoms with Crippen LogP contribution in [-0.2, 0) is 6.42 Å². The Balaban J connectivity index is 1.58. The zero-order valence-electron chi connectivity index (χ0n) is 12.4. The maximum Gasteiger partial charge on any atom is 0.0351 e. The Kier molecular flexibility index (Phi) is 3.53. The summed E-state index contributed by atoms with van der Waals surface area (Å²) in [5.74, 6) is 0. The highest BCUT2D eigenvalue weighted by atomic mass is 15.3. The predicted molar refractivity (Wildman–Crippen MR) is 82.9 cm³/mol. The molecule has 0 radical (unpaired) electrons. The van der Waals surface area contributed by atoms with Gasteiger partial charge < -0.3 is 0 Å². The first-order valence-electron chi connectivity index (χ1n) is 8.48. The summed E-state index contributed by atoms with van der Waals surface area (Å²) in [5, 5.41) is 0. The van der Waals surface area contributed by atoms with Crippen LogP contribution in [0.15, 0.2) is 24.3 Å². The Morgan fingerprint density at radius 2 is 1.70 bits per heavy atom. The van der Waals surface area contributed by atoms with Crippen LogP contribution in [-0.4, -0.2) is 42.0 Å². The Morgan fingerprint density at radius 1 is 0.850 bits per heavy atom. The minimum atomic E-state index is 0.695. The first-order valence-corrected chi connectivity index (χ1v) is 8.48. The fourth-order valence-electron chi connectivity index (χ4n) is 4.63. The minimum Gasteiger partial charge on any atom is -0.299 e. The molecule has 0 spiro atoms. The highest BCUT2D eigenvalue weighted by Crippen LogP contribution is 2.36. The third kappa shape index (κ3) is 2.29. The molecule has 1 aromatic rings. The second-order valence-corrected chi connectivity index (χ2v) is 6.79. The van der Waals surface area contributed by atoms with Crippen molar-refractivity contribution in [3.8, 4) is 0 Å². The van der Waals surface area contributed by atoms with E-state index in [0.29, 0.717) is 6.04 Å². The summed E-state index contributed by atoms with van der Waals surface area (Å²) in [6.07, 6.45) is 8.21. The first-order chi connectivity index (χ1) is 9.92. The van der Waals surface area contributed by atoms with E-state index in [1.54, 1.807) is 11.1 Å². The van der Waals surface area contributed by atoms with Crippen molar-refractivity contribution in [2.45, 2.75) is 50.6 Å². The summed E-state index contributed by atoms with van der Waals surface area (Å²) in [5.41, 5.74) is 3.24. The van der Waals surface area contributed by atoms with Gasteiger partial charge in [-0.05, 0) is 62.7 Å². The first kappa shape index (κ1) is 12.8. The average molecular weight is 270 g/mol. The molecule has 0 saturated carbocycles. The van der Waals surface area contributed by atoms with Gasteiger partial charge in [-0.1, -0.05) is 24.3 Å². The highest BCUT2D eigenvalue weighted by molar-refractivity contribution is 5.32. The number of hydrogen-bond donors (Lipinski definition) is 0. The van der Waals surface area contributed by atoms with Crippen LogP contribution >= 0.6 is 0 Å². The second kappa shape index (κ2) is 5.50. The van der Waals surface area contributed by atoms with E-state index in [0.717, 1.165) is 6.04 Å². The van der Waals surface area contributed by atoms with Gasteiger partial charge in [0, 0.05) is 25.2 Å². The molecule has 2 fully saturated rings. The summed E-state index contributed by atoms with van der Waals surface area (Å²) in [6.45, 7) is 5.28. The molecule has 2 aliphatic heterocycles. The van der Waals surface area contributed by atoms with Crippen LogP contribution in [0.5, 0.6) is 0 Å². The third-order valence-corrected chi connectivity index (χ3v) is 5.61. The van der Waals surface area contributed by atoms with Crippen LogP contribution in [0, 0.1) is 0 Å². The number of rotatable bonds is 1. The van der Waals surface area contributed by atoms with Crippen molar-refractivity contribution in [3.63, 3.8) is 0 Å². The van der Waals surface area contributed by atoms with Crippen LogP contribution in [0.3, 0.4) is 0 Å². The number of benzene rings is 1. The van der Waals surface area contributed by atoms with E-state index in [2.05, 4.69) is 34.1 Å². The van der Waals surface area contributed by atoms with Crippen LogP contribution in [0.1, 0.15) is 49.3 Å². The topological polar surface area (TPSA) is 6.48 Å². The van der Waals surface area contributed by atoms with Crippen LogP contribution in [0.4, 0.5) is 0 Å². The molecule has 2 saturated heterocycles. The number of fused-ring (bicyclic) bond motifs is 2. The van der Waals surface area contributed by atoms with Crippen molar-refractivity contribution >= 4 is 0 Å². The van der Waals surface area contributed by atoms with E-state index in [9.17, 15) is 0 Å². The second-order valence-electron chi connectivity index (χ2n) is 6.79. The molecule has 1 aromatic carbocycles.